The molecule has 0 aliphatic carbocycles. The Bertz CT molecular complexity index is 566. The fraction of sp³-hybridized carbons (Fsp3) is 0. The fourth-order valence-electron chi connectivity index (χ4n) is 1.60. The molecule has 18 heavy (non-hydrogen) atoms. The molecule has 0 N–H and O–H groups in total. The van der Waals surface area contributed by atoms with E-state index in [9.17, 15) is 9.59 Å². The van der Waals surface area contributed by atoms with Crippen molar-refractivity contribution in [2.45, 2.75) is 0 Å². The van der Waals surface area contributed by atoms with Crippen LogP contribution in [0.5, 0.6) is 0 Å². The molecule has 0 unspecified atom stereocenters. The van der Waals surface area contributed by atoms with Gasteiger partial charge in [0, 0.05) is 11.1 Å². The first kappa shape index (κ1) is 12.8. The first-order chi connectivity index (χ1) is 8.65. The van der Waals surface area contributed by atoms with Gasteiger partial charge >= 0.3 is 0 Å². The molecular formula is C14H8Cl2O2. The largest absolute Gasteiger partial charge is 0.298 e. The maximum Gasteiger partial charge on any atom is 0.151 e. The minimum atomic E-state index is 0.387. The van der Waals surface area contributed by atoms with Crippen molar-refractivity contribution >= 4 is 35.8 Å². The summed E-state index contributed by atoms with van der Waals surface area (Å²) < 4.78 is 0. The van der Waals surface area contributed by atoms with Gasteiger partial charge in [0.15, 0.2) is 12.6 Å². The first-order valence-electron chi connectivity index (χ1n) is 5.15. The molecule has 0 amide bonds. The molecular weight excluding hydrogens is 271 g/mol. The number of aldehydes is 2. The van der Waals surface area contributed by atoms with E-state index >= 15 is 0 Å². The standard InChI is InChI=1S/C14H8Cl2O2/c15-13-5-9(1-3-11(13)7-17)10-2-4-12(8-18)14(16)6-10/h1-8H. The summed E-state index contributed by atoms with van der Waals surface area (Å²) in [6.45, 7) is 0. The van der Waals surface area contributed by atoms with Crippen LogP contribution in [0.3, 0.4) is 0 Å². The highest BCUT2D eigenvalue weighted by molar-refractivity contribution is 6.34. The molecule has 0 heterocycles. The number of hydrogen-bond acceptors (Lipinski definition) is 2. The van der Waals surface area contributed by atoms with Gasteiger partial charge in [-0.3, -0.25) is 9.59 Å². The molecule has 0 fully saturated rings. The number of rotatable bonds is 3. The molecule has 90 valence electrons. The zero-order valence-corrected chi connectivity index (χ0v) is 10.7. The Balaban J connectivity index is 2.48. The first-order valence-corrected chi connectivity index (χ1v) is 5.91. The highest BCUT2D eigenvalue weighted by Gasteiger charge is 2.05. The van der Waals surface area contributed by atoms with Gasteiger partial charge < -0.3 is 0 Å². The Labute approximate surface area is 114 Å². The summed E-state index contributed by atoms with van der Waals surface area (Å²) in [6.07, 6.45) is 1.41. The number of benzene rings is 2. The van der Waals surface area contributed by atoms with Crippen LogP contribution in [-0.4, -0.2) is 12.6 Å². The Morgan fingerprint density at radius 2 is 1.11 bits per heavy atom. The minimum Gasteiger partial charge on any atom is -0.298 e. The molecule has 0 aromatic heterocycles. The van der Waals surface area contributed by atoms with Gasteiger partial charge in [0.25, 0.3) is 0 Å². The fourth-order valence-corrected chi connectivity index (χ4v) is 2.05. The topological polar surface area (TPSA) is 34.1 Å². The number of hydrogen-bond donors (Lipinski definition) is 0. The van der Waals surface area contributed by atoms with Crippen LogP contribution < -0.4 is 0 Å². The quantitative estimate of drug-likeness (QED) is 0.785. The molecule has 0 bridgehead atoms. The molecule has 2 rings (SSSR count). The van der Waals surface area contributed by atoms with Gasteiger partial charge in [-0.15, -0.1) is 0 Å². The smallest absolute Gasteiger partial charge is 0.151 e. The Kier molecular flexibility index (Phi) is 3.80. The van der Waals surface area contributed by atoms with Crippen molar-refractivity contribution in [3.05, 3.63) is 57.6 Å². The summed E-state index contributed by atoms with van der Waals surface area (Å²) in [6, 6.07) is 10.2. The summed E-state index contributed by atoms with van der Waals surface area (Å²) in [4.78, 5) is 21.3. The van der Waals surface area contributed by atoms with Crippen LogP contribution in [0.2, 0.25) is 10.0 Å². The Morgan fingerprint density at radius 1 is 0.722 bits per heavy atom. The van der Waals surface area contributed by atoms with Crippen molar-refractivity contribution in [2.24, 2.45) is 0 Å². The van der Waals surface area contributed by atoms with E-state index in [4.69, 9.17) is 23.2 Å². The zero-order chi connectivity index (χ0) is 13.1. The van der Waals surface area contributed by atoms with E-state index in [2.05, 4.69) is 0 Å². The monoisotopic (exact) mass is 278 g/mol. The highest BCUT2D eigenvalue weighted by Crippen LogP contribution is 2.28. The van der Waals surface area contributed by atoms with Gasteiger partial charge in [-0.1, -0.05) is 35.3 Å². The second-order valence-corrected chi connectivity index (χ2v) is 4.52. The zero-order valence-electron chi connectivity index (χ0n) is 9.19. The molecule has 0 saturated carbocycles. The van der Waals surface area contributed by atoms with E-state index in [0.717, 1.165) is 11.1 Å². The van der Waals surface area contributed by atoms with Gasteiger partial charge in [0.2, 0.25) is 0 Å². The third kappa shape index (κ3) is 2.45. The average molecular weight is 279 g/mol. The molecule has 0 atom stereocenters. The Morgan fingerprint density at radius 3 is 1.39 bits per heavy atom. The maximum atomic E-state index is 10.7. The predicted molar refractivity (Wildman–Crippen MR) is 72.7 cm³/mol. The second kappa shape index (κ2) is 5.34. The molecule has 0 aliphatic rings. The summed E-state index contributed by atoms with van der Waals surface area (Å²) >= 11 is 11.9. The van der Waals surface area contributed by atoms with Crippen LogP contribution in [0.1, 0.15) is 20.7 Å². The van der Waals surface area contributed by atoms with Crippen molar-refractivity contribution in [3.8, 4) is 11.1 Å². The van der Waals surface area contributed by atoms with Crippen molar-refractivity contribution in [3.63, 3.8) is 0 Å². The van der Waals surface area contributed by atoms with Crippen LogP contribution in [-0.2, 0) is 0 Å². The summed E-state index contributed by atoms with van der Waals surface area (Å²) in [5.74, 6) is 0. The lowest BCUT2D eigenvalue weighted by molar-refractivity contribution is 0.111. The van der Waals surface area contributed by atoms with E-state index in [1.54, 1.807) is 36.4 Å². The van der Waals surface area contributed by atoms with Crippen molar-refractivity contribution in [1.82, 2.24) is 0 Å². The number of carbonyl (C=O) groups is 2. The summed E-state index contributed by atoms with van der Waals surface area (Å²) in [7, 11) is 0. The van der Waals surface area contributed by atoms with Crippen LogP contribution in [0, 0.1) is 0 Å². The van der Waals surface area contributed by atoms with Crippen molar-refractivity contribution in [1.29, 1.82) is 0 Å². The minimum absolute atomic E-state index is 0.387. The molecule has 2 nitrogen and oxygen atoms in total. The van der Waals surface area contributed by atoms with E-state index in [1.807, 2.05) is 0 Å². The van der Waals surface area contributed by atoms with Crippen LogP contribution in [0.4, 0.5) is 0 Å². The van der Waals surface area contributed by atoms with E-state index in [-0.39, 0.29) is 0 Å². The molecule has 0 spiro atoms. The molecule has 0 aliphatic heterocycles. The van der Waals surface area contributed by atoms with Gasteiger partial charge in [-0.05, 0) is 35.4 Å². The number of carbonyl (C=O) groups excluding carboxylic acids is 2. The van der Waals surface area contributed by atoms with Crippen molar-refractivity contribution < 1.29 is 9.59 Å². The molecule has 0 saturated heterocycles. The van der Waals surface area contributed by atoms with Crippen molar-refractivity contribution in [2.75, 3.05) is 0 Å². The lowest BCUT2D eigenvalue weighted by Crippen LogP contribution is -1.86. The lowest BCUT2D eigenvalue weighted by Gasteiger charge is -2.05. The molecule has 4 heteroatoms. The van der Waals surface area contributed by atoms with Gasteiger partial charge in [0.05, 0.1) is 10.0 Å². The summed E-state index contributed by atoms with van der Waals surface area (Å²) in [5.41, 5.74) is 2.56. The van der Waals surface area contributed by atoms with Gasteiger partial charge in [0.1, 0.15) is 0 Å². The highest BCUT2D eigenvalue weighted by atomic mass is 35.5. The second-order valence-electron chi connectivity index (χ2n) is 3.71. The maximum absolute atomic E-state index is 10.7. The lowest BCUT2D eigenvalue weighted by atomic mass is 10.0. The molecule has 2 aromatic rings. The Hall–Kier alpha value is -1.64. The predicted octanol–water partition coefficient (Wildman–Crippen LogP) is 4.29. The molecule has 2 aromatic carbocycles. The third-order valence-electron chi connectivity index (χ3n) is 2.59. The van der Waals surface area contributed by atoms with E-state index < -0.39 is 0 Å². The van der Waals surface area contributed by atoms with Gasteiger partial charge in [-0.2, -0.15) is 0 Å². The van der Waals surface area contributed by atoms with E-state index in [0.29, 0.717) is 33.7 Å². The number of halogens is 2. The average Bonchev–Trinajstić information content (AvgIpc) is 2.38. The normalized spacial score (nSPS) is 10.1. The third-order valence-corrected chi connectivity index (χ3v) is 3.24. The van der Waals surface area contributed by atoms with E-state index in [1.165, 1.54) is 0 Å². The SMILES string of the molecule is O=Cc1ccc(-c2ccc(C=O)c(Cl)c2)cc1Cl. The van der Waals surface area contributed by atoms with Gasteiger partial charge in [-0.25, -0.2) is 0 Å². The summed E-state index contributed by atoms with van der Waals surface area (Å²) in [5, 5.41) is 0.774. The van der Waals surface area contributed by atoms with Crippen LogP contribution in [0.15, 0.2) is 36.4 Å². The van der Waals surface area contributed by atoms with Crippen LogP contribution >= 0.6 is 23.2 Å². The molecule has 0 radical (unpaired) electrons. The van der Waals surface area contributed by atoms with Crippen LogP contribution in [0.25, 0.3) is 11.1 Å².